The molecule has 0 saturated heterocycles. The fourth-order valence-electron chi connectivity index (χ4n) is 3.50. The molecule has 28 heavy (non-hydrogen) atoms. The Morgan fingerprint density at radius 3 is 2.82 bits per heavy atom. The number of nitrogens with zero attached hydrogens (tertiary/aromatic N) is 3. The number of anilines is 1. The van der Waals surface area contributed by atoms with Gasteiger partial charge in [-0.1, -0.05) is 24.3 Å². The molecule has 0 fully saturated rings. The zero-order chi connectivity index (χ0) is 19.7. The van der Waals surface area contributed by atoms with Gasteiger partial charge in [-0.2, -0.15) is 0 Å². The van der Waals surface area contributed by atoms with Crippen LogP contribution in [0.5, 0.6) is 0 Å². The van der Waals surface area contributed by atoms with Crippen molar-refractivity contribution in [1.82, 2.24) is 9.55 Å². The maximum atomic E-state index is 12.7. The molecular weight excluding hydrogens is 356 g/mol. The van der Waals surface area contributed by atoms with E-state index in [0.29, 0.717) is 11.3 Å². The van der Waals surface area contributed by atoms with Gasteiger partial charge in [0.15, 0.2) is 0 Å². The van der Waals surface area contributed by atoms with Gasteiger partial charge < -0.3 is 9.88 Å². The number of rotatable bonds is 4. The monoisotopic (exact) mass is 376 g/mol. The molecule has 1 aliphatic rings. The van der Waals surface area contributed by atoms with Crippen LogP contribution in [-0.4, -0.2) is 20.4 Å². The average Bonchev–Trinajstić information content (AvgIpc) is 3.12. The molecule has 0 unspecified atom stereocenters. The molecule has 0 spiro atoms. The minimum atomic E-state index is -0.476. The van der Waals surface area contributed by atoms with E-state index >= 15 is 0 Å². The van der Waals surface area contributed by atoms with Crippen LogP contribution in [0, 0.1) is 17.0 Å². The van der Waals surface area contributed by atoms with Crippen LogP contribution < -0.4 is 5.32 Å². The number of hydrogen-bond acceptors (Lipinski definition) is 4. The van der Waals surface area contributed by atoms with Crippen LogP contribution in [0.25, 0.3) is 11.3 Å². The van der Waals surface area contributed by atoms with Crippen molar-refractivity contribution in [2.45, 2.75) is 32.7 Å². The molecule has 1 N–H and O–H groups in total. The Hall–Kier alpha value is -3.48. The molecule has 0 saturated carbocycles. The lowest BCUT2D eigenvalue weighted by Gasteiger charge is -2.11. The molecule has 0 atom stereocenters. The molecule has 7 nitrogen and oxygen atoms in total. The van der Waals surface area contributed by atoms with Crippen LogP contribution in [0.3, 0.4) is 0 Å². The third-order valence-electron chi connectivity index (χ3n) is 5.03. The minimum absolute atomic E-state index is 0.0669. The van der Waals surface area contributed by atoms with E-state index < -0.39 is 4.92 Å². The number of para-hydroxylation sites is 1. The standard InChI is InChI=1S/C21H20N4O3/c1-14-9-10-15(12-19(14)25(27)28)21(26)23-17-7-3-2-6-16(17)18-13-24-11-5-4-8-20(24)22-18/h2-3,6-7,9-10,12-13H,4-5,8,11H2,1H3,(H,23,26). The quantitative estimate of drug-likeness (QED) is 0.541. The van der Waals surface area contributed by atoms with Crippen molar-refractivity contribution in [2.24, 2.45) is 0 Å². The number of carbonyl (C=O) groups is 1. The highest BCUT2D eigenvalue weighted by Gasteiger charge is 2.18. The first-order chi connectivity index (χ1) is 13.5. The Morgan fingerprint density at radius 1 is 1.21 bits per heavy atom. The van der Waals surface area contributed by atoms with Gasteiger partial charge in [-0.3, -0.25) is 14.9 Å². The number of nitro benzene ring substituents is 1. The van der Waals surface area contributed by atoms with Crippen LogP contribution in [0.2, 0.25) is 0 Å². The lowest BCUT2D eigenvalue weighted by atomic mass is 10.1. The molecule has 1 aliphatic heterocycles. The Morgan fingerprint density at radius 2 is 2.04 bits per heavy atom. The first-order valence-corrected chi connectivity index (χ1v) is 9.25. The van der Waals surface area contributed by atoms with Crippen molar-refractivity contribution >= 4 is 17.3 Å². The number of aromatic nitrogens is 2. The van der Waals surface area contributed by atoms with Crippen LogP contribution in [0.4, 0.5) is 11.4 Å². The van der Waals surface area contributed by atoms with Gasteiger partial charge in [-0.15, -0.1) is 0 Å². The van der Waals surface area contributed by atoms with Crippen LogP contribution in [0.15, 0.2) is 48.7 Å². The van der Waals surface area contributed by atoms with E-state index in [2.05, 4.69) is 9.88 Å². The third kappa shape index (κ3) is 3.38. The zero-order valence-corrected chi connectivity index (χ0v) is 15.5. The van der Waals surface area contributed by atoms with Crippen molar-refractivity contribution in [3.8, 4) is 11.3 Å². The predicted octanol–water partition coefficient (Wildman–Crippen LogP) is 4.36. The topological polar surface area (TPSA) is 90.1 Å². The molecule has 2 aromatic carbocycles. The largest absolute Gasteiger partial charge is 0.334 e. The number of carbonyl (C=O) groups excluding carboxylic acids is 1. The summed E-state index contributed by atoms with van der Waals surface area (Å²) in [5.41, 5.74) is 2.98. The van der Waals surface area contributed by atoms with Gasteiger partial charge in [-0.05, 0) is 31.9 Å². The number of nitro groups is 1. The minimum Gasteiger partial charge on any atom is -0.334 e. The summed E-state index contributed by atoms with van der Waals surface area (Å²) < 4.78 is 2.17. The van der Waals surface area contributed by atoms with Gasteiger partial charge in [0.2, 0.25) is 0 Å². The summed E-state index contributed by atoms with van der Waals surface area (Å²) in [6, 6.07) is 12.0. The molecule has 0 radical (unpaired) electrons. The third-order valence-corrected chi connectivity index (χ3v) is 5.03. The first kappa shape index (κ1) is 17.9. The molecular formula is C21H20N4O3. The number of fused-ring (bicyclic) bond motifs is 1. The lowest BCUT2D eigenvalue weighted by Crippen LogP contribution is -2.13. The second-order valence-electron chi connectivity index (χ2n) is 6.95. The van der Waals surface area contributed by atoms with E-state index in [1.165, 1.54) is 6.07 Å². The van der Waals surface area contributed by atoms with Gasteiger partial charge in [0.1, 0.15) is 5.82 Å². The highest BCUT2D eigenvalue weighted by molar-refractivity contribution is 6.06. The predicted molar refractivity (Wildman–Crippen MR) is 106 cm³/mol. The second kappa shape index (κ2) is 7.26. The second-order valence-corrected chi connectivity index (χ2v) is 6.95. The van der Waals surface area contributed by atoms with E-state index in [4.69, 9.17) is 4.98 Å². The number of imidazole rings is 1. The molecule has 1 aromatic heterocycles. The SMILES string of the molecule is Cc1ccc(C(=O)Nc2ccccc2-c2cn3c(n2)CCCC3)cc1[N+](=O)[O-]. The van der Waals surface area contributed by atoms with Crippen LogP contribution in [0.1, 0.15) is 34.6 Å². The number of hydrogen-bond donors (Lipinski definition) is 1. The number of nitrogens with one attached hydrogen (secondary N) is 1. The van der Waals surface area contributed by atoms with Crippen molar-refractivity contribution in [3.05, 3.63) is 75.7 Å². The van der Waals surface area contributed by atoms with Gasteiger partial charge in [0.05, 0.1) is 16.3 Å². The van der Waals surface area contributed by atoms with Gasteiger partial charge in [0, 0.05) is 41.9 Å². The van der Waals surface area contributed by atoms with E-state index in [9.17, 15) is 14.9 Å². The molecule has 4 rings (SSSR count). The van der Waals surface area contributed by atoms with Crippen molar-refractivity contribution < 1.29 is 9.72 Å². The maximum Gasteiger partial charge on any atom is 0.273 e. The first-order valence-electron chi connectivity index (χ1n) is 9.25. The Kier molecular flexibility index (Phi) is 4.65. The van der Waals surface area contributed by atoms with Crippen molar-refractivity contribution in [3.63, 3.8) is 0 Å². The smallest absolute Gasteiger partial charge is 0.273 e. The average molecular weight is 376 g/mol. The Balaban J connectivity index is 1.64. The summed E-state index contributed by atoms with van der Waals surface area (Å²) in [6.45, 7) is 2.61. The summed E-state index contributed by atoms with van der Waals surface area (Å²) in [6.07, 6.45) is 5.27. The number of amides is 1. The normalized spacial score (nSPS) is 13.0. The van der Waals surface area contributed by atoms with Gasteiger partial charge >= 0.3 is 0 Å². The number of aryl methyl sites for hydroxylation is 3. The van der Waals surface area contributed by atoms with Crippen LogP contribution in [-0.2, 0) is 13.0 Å². The summed E-state index contributed by atoms with van der Waals surface area (Å²) in [5.74, 6) is 0.677. The molecule has 0 aliphatic carbocycles. The van der Waals surface area contributed by atoms with Crippen molar-refractivity contribution in [2.75, 3.05) is 5.32 Å². The molecule has 142 valence electrons. The van der Waals surface area contributed by atoms with E-state index in [0.717, 1.165) is 42.9 Å². The Bertz CT molecular complexity index is 1050. The molecule has 1 amide bonds. The summed E-state index contributed by atoms with van der Waals surface area (Å²) in [7, 11) is 0. The fourth-order valence-corrected chi connectivity index (χ4v) is 3.50. The van der Waals surface area contributed by atoms with Crippen LogP contribution >= 0.6 is 0 Å². The Labute approximate surface area is 162 Å². The summed E-state index contributed by atoms with van der Waals surface area (Å²) in [5, 5.41) is 14.0. The van der Waals surface area contributed by atoms with Gasteiger partial charge in [-0.25, -0.2) is 4.98 Å². The highest BCUT2D eigenvalue weighted by Crippen LogP contribution is 2.29. The molecule has 3 aromatic rings. The zero-order valence-electron chi connectivity index (χ0n) is 15.5. The molecule has 2 heterocycles. The summed E-state index contributed by atoms with van der Waals surface area (Å²) in [4.78, 5) is 28.1. The lowest BCUT2D eigenvalue weighted by molar-refractivity contribution is -0.385. The number of benzene rings is 2. The van der Waals surface area contributed by atoms with E-state index in [1.807, 2.05) is 30.5 Å². The highest BCUT2D eigenvalue weighted by atomic mass is 16.6. The molecule has 7 heteroatoms. The maximum absolute atomic E-state index is 12.7. The summed E-state index contributed by atoms with van der Waals surface area (Å²) >= 11 is 0. The fraction of sp³-hybridized carbons (Fsp3) is 0.238. The van der Waals surface area contributed by atoms with Crippen molar-refractivity contribution in [1.29, 1.82) is 0 Å². The van der Waals surface area contributed by atoms with Gasteiger partial charge in [0.25, 0.3) is 11.6 Å². The van der Waals surface area contributed by atoms with E-state index in [-0.39, 0.29) is 17.2 Å². The van der Waals surface area contributed by atoms with E-state index in [1.54, 1.807) is 19.1 Å². The molecule has 0 bridgehead atoms.